The van der Waals surface area contributed by atoms with Crippen molar-refractivity contribution in [2.24, 2.45) is 0 Å². The van der Waals surface area contributed by atoms with E-state index in [-0.39, 0.29) is 18.4 Å². The molecule has 0 unspecified atom stereocenters. The van der Waals surface area contributed by atoms with Crippen LogP contribution in [0, 0.1) is 0 Å². The van der Waals surface area contributed by atoms with Gasteiger partial charge in [0.25, 0.3) is 5.91 Å². The fraction of sp³-hybridized carbons (Fsp3) is 0.500. The fourth-order valence-corrected chi connectivity index (χ4v) is 1.95. The molecule has 0 aliphatic rings. The molecule has 0 atom stereocenters. The molecule has 5 heteroatoms. The van der Waals surface area contributed by atoms with Crippen LogP contribution in [0.2, 0.25) is 0 Å². The lowest BCUT2D eigenvalue weighted by Crippen LogP contribution is -2.35. The highest BCUT2D eigenvalue weighted by Crippen LogP contribution is 2.09. The zero-order chi connectivity index (χ0) is 15.7. The second-order valence-electron chi connectivity index (χ2n) is 4.75. The quantitative estimate of drug-likeness (QED) is 0.771. The van der Waals surface area contributed by atoms with Crippen molar-refractivity contribution >= 4 is 17.5 Å². The molecule has 0 radical (unpaired) electrons. The molecule has 0 aliphatic carbocycles. The summed E-state index contributed by atoms with van der Waals surface area (Å²) in [4.78, 5) is 25.4. The van der Waals surface area contributed by atoms with Gasteiger partial charge in [0.05, 0.1) is 6.54 Å². The Morgan fingerprint density at radius 1 is 1.05 bits per heavy atom. The Hall–Kier alpha value is -2.04. The number of hydrogen-bond acceptors (Lipinski definition) is 3. The molecule has 0 aromatic heterocycles. The molecule has 2 N–H and O–H groups in total. The first-order valence-electron chi connectivity index (χ1n) is 7.52. The summed E-state index contributed by atoms with van der Waals surface area (Å²) in [5, 5.41) is 5.91. The van der Waals surface area contributed by atoms with Gasteiger partial charge >= 0.3 is 0 Å². The average molecular weight is 291 g/mol. The topological polar surface area (TPSA) is 61.4 Å². The van der Waals surface area contributed by atoms with Gasteiger partial charge in [-0.05, 0) is 44.5 Å². The zero-order valence-corrected chi connectivity index (χ0v) is 13.1. The number of rotatable bonds is 8. The first-order valence-corrected chi connectivity index (χ1v) is 7.52. The summed E-state index contributed by atoms with van der Waals surface area (Å²) in [5.74, 6) is 0.00684. The van der Waals surface area contributed by atoms with Gasteiger partial charge in [-0.15, -0.1) is 0 Å². The van der Waals surface area contributed by atoms with Gasteiger partial charge in [0.15, 0.2) is 0 Å². The van der Waals surface area contributed by atoms with Crippen LogP contribution >= 0.6 is 0 Å². The minimum absolute atomic E-state index is 0.0670. The molecular formula is C16H25N3O2. The van der Waals surface area contributed by atoms with Crippen LogP contribution < -0.4 is 10.6 Å². The molecule has 0 aliphatic heterocycles. The summed E-state index contributed by atoms with van der Waals surface area (Å²) in [5.41, 5.74) is 1.46. The van der Waals surface area contributed by atoms with E-state index in [9.17, 15) is 9.59 Å². The third-order valence-electron chi connectivity index (χ3n) is 3.24. The van der Waals surface area contributed by atoms with Crippen LogP contribution in [0.5, 0.6) is 0 Å². The van der Waals surface area contributed by atoms with E-state index in [1.807, 2.05) is 32.9 Å². The van der Waals surface area contributed by atoms with Crippen molar-refractivity contribution in [2.75, 3.05) is 31.5 Å². The van der Waals surface area contributed by atoms with Crippen LogP contribution in [0.25, 0.3) is 0 Å². The van der Waals surface area contributed by atoms with Crippen LogP contribution in [0.3, 0.4) is 0 Å². The molecule has 0 saturated heterocycles. The van der Waals surface area contributed by atoms with Crippen molar-refractivity contribution in [3.05, 3.63) is 29.8 Å². The van der Waals surface area contributed by atoms with Crippen LogP contribution in [0.4, 0.5) is 5.69 Å². The molecule has 0 spiro atoms. The molecule has 1 aromatic rings. The smallest absolute Gasteiger partial charge is 0.251 e. The van der Waals surface area contributed by atoms with Crippen LogP contribution in [-0.2, 0) is 4.79 Å². The third kappa shape index (κ3) is 5.45. The number of likely N-dealkylation sites (N-methyl/N-ethyl adjacent to an activating group) is 1. The van der Waals surface area contributed by atoms with E-state index in [1.54, 1.807) is 17.0 Å². The molecule has 0 fully saturated rings. The summed E-state index contributed by atoms with van der Waals surface area (Å²) in [6.45, 7) is 8.32. The summed E-state index contributed by atoms with van der Waals surface area (Å²) in [6.07, 6.45) is 0.916. The fourth-order valence-electron chi connectivity index (χ4n) is 1.95. The predicted molar refractivity (Wildman–Crippen MR) is 85.5 cm³/mol. The molecule has 0 saturated carbocycles. The maximum Gasteiger partial charge on any atom is 0.251 e. The largest absolute Gasteiger partial charge is 0.376 e. The van der Waals surface area contributed by atoms with Gasteiger partial charge in [0, 0.05) is 30.9 Å². The number of benzene rings is 1. The maximum atomic E-state index is 11.9. The molecule has 116 valence electrons. The molecular weight excluding hydrogens is 266 g/mol. The van der Waals surface area contributed by atoms with E-state index in [1.165, 1.54) is 0 Å². The number of carbonyl (C=O) groups excluding carboxylic acids is 2. The summed E-state index contributed by atoms with van der Waals surface area (Å²) in [6, 6.07) is 7.15. The Bertz CT molecular complexity index is 453. The molecule has 0 bridgehead atoms. The van der Waals surface area contributed by atoms with E-state index in [4.69, 9.17) is 0 Å². The zero-order valence-electron chi connectivity index (χ0n) is 13.1. The molecule has 2 amide bonds. The van der Waals surface area contributed by atoms with E-state index in [2.05, 4.69) is 10.6 Å². The van der Waals surface area contributed by atoms with Crippen LogP contribution in [0.15, 0.2) is 24.3 Å². The molecule has 5 nitrogen and oxygen atoms in total. The van der Waals surface area contributed by atoms with Crippen molar-refractivity contribution in [1.29, 1.82) is 0 Å². The number of carbonyl (C=O) groups is 2. The lowest BCUT2D eigenvalue weighted by atomic mass is 10.2. The summed E-state index contributed by atoms with van der Waals surface area (Å²) >= 11 is 0. The Morgan fingerprint density at radius 3 is 2.19 bits per heavy atom. The van der Waals surface area contributed by atoms with Crippen molar-refractivity contribution < 1.29 is 9.59 Å². The first kappa shape index (κ1) is 17.0. The van der Waals surface area contributed by atoms with Gasteiger partial charge in [-0.2, -0.15) is 0 Å². The highest BCUT2D eigenvalue weighted by molar-refractivity contribution is 5.94. The Morgan fingerprint density at radius 2 is 1.67 bits per heavy atom. The van der Waals surface area contributed by atoms with Gasteiger partial charge in [0.2, 0.25) is 5.91 Å². The monoisotopic (exact) mass is 291 g/mol. The Labute approximate surface area is 126 Å². The van der Waals surface area contributed by atoms with E-state index in [0.717, 1.165) is 12.1 Å². The van der Waals surface area contributed by atoms with Gasteiger partial charge < -0.3 is 15.5 Å². The number of anilines is 1. The number of nitrogens with zero attached hydrogens (tertiary/aromatic N) is 1. The summed E-state index contributed by atoms with van der Waals surface area (Å²) < 4.78 is 0. The second kappa shape index (κ2) is 9.00. The Balaban J connectivity index is 2.51. The van der Waals surface area contributed by atoms with Gasteiger partial charge in [0.1, 0.15) is 0 Å². The first-order chi connectivity index (χ1) is 10.1. The minimum Gasteiger partial charge on any atom is -0.376 e. The van der Waals surface area contributed by atoms with Crippen molar-refractivity contribution in [2.45, 2.75) is 27.2 Å². The maximum absolute atomic E-state index is 11.9. The van der Waals surface area contributed by atoms with E-state index in [0.29, 0.717) is 25.2 Å². The lowest BCUT2D eigenvalue weighted by molar-refractivity contribution is -0.128. The molecule has 1 rings (SSSR count). The molecule has 1 aromatic carbocycles. The van der Waals surface area contributed by atoms with E-state index >= 15 is 0 Å². The number of nitrogens with one attached hydrogen (secondary N) is 2. The van der Waals surface area contributed by atoms with Crippen LogP contribution in [0.1, 0.15) is 37.6 Å². The van der Waals surface area contributed by atoms with Crippen LogP contribution in [-0.4, -0.2) is 42.9 Å². The highest BCUT2D eigenvalue weighted by Gasteiger charge is 2.09. The highest BCUT2D eigenvalue weighted by atomic mass is 16.2. The van der Waals surface area contributed by atoms with Crippen molar-refractivity contribution in [3.8, 4) is 0 Å². The standard InChI is InChI=1S/C16H25N3O2/c1-4-11-17-16(21)13-7-9-14(10-8-13)18-12-15(20)19(5-2)6-3/h7-10,18H,4-6,11-12H2,1-3H3,(H,17,21). The summed E-state index contributed by atoms with van der Waals surface area (Å²) in [7, 11) is 0. The van der Waals surface area contributed by atoms with Gasteiger partial charge in [-0.1, -0.05) is 6.92 Å². The van der Waals surface area contributed by atoms with E-state index < -0.39 is 0 Å². The second-order valence-corrected chi connectivity index (χ2v) is 4.75. The lowest BCUT2D eigenvalue weighted by Gasteiger charge is -2.19. The van der Waals surface area contributed by atoms with Gasteiger partial charge in [-0.25, -0.2) is 0 Å². The average Bonchev–Trinajstić information content (AvgIpc) is 2.52. The van der Waals surface area contributed by atoms with Crippen molar-refractivity contribution in [3.63, 3.8) is 0 Å². The normalized spacial score (nSPS) is 10.0. The molecule has 21 heavy (non-hydrogen) atoms. The SMILES string of the molecule is CCCNC(=O)c1ccc(NCC(=O)N(CC)CC)cc1. The predicted octanol–water partition coefficient (Wildman–Crippen LogP) is 2.11. The Kier molecular flexibility index (Phi) is 7.29. The number of hydrogen-bond donors (Lipinski definition) is 2. The van der Waals surface area contributed by atoms with Gasteiger partial charge in [-0.3, -0.25) is 9.59 Å². The molecule has 0 heterocycles. The third-order valence-corrected chi connectivity index (χ3v) is 3.24. The van der Waals surface area contributed by atoms with Crippen molar-refractivity contribution in [1.82, 2.24) is 10.2 Å². The number of amides is 2. The minimum atomic E-state index is -0.0670.